The number of imidazole rings is 1. The van der Waals surface area contributed by atoms with Crippen LogP contribution in [-0.4, -0.2) is 9.55 Å². The third-order valence-electron chi connectivity index (χ3n) is 2.37. The molecule has 0 saturated heterocycles. The second-order valence-corrected chi connectivity index (χ2v) is 5.39. The van der Waals surface area contributed by atoms with Gasteiger partial charge in [0.15, 0.2) is 0 Å². The maximum Gasteiger partial charge on any atom is 0.201 e. The van der Waals surface area contributed by atoms with Crippen LogP contribution in [0.15, 0.2) is 12.1 Å². The Balaban J connectivity index is 2.64. The number of nitrogen functional groups attached to an aromatic ring is 1. The summed E-state index contributed by atoms with van der Waals surface area (Å²) in [5.74, 6) is 0.671. The van der Waals surface area contributed by atoms with E-state index in [1.807, 2.05) is 27.2 Å². The van der Waals surface area contributed by atoms with Crippen molar-refractivity contribution in [2.45, 2.75) is 20.4 Å². The Bertz CT molecular complexity index is 533. The summed E-state index contributed by atoms with van der Waals surface area (Å²) in [5, 5.41) is 0. The van der Waals surface area contributed by atoms with E-state index in [-0.39, 0.29) is 5.82 Å². The maximum atomic E-state index is 13.5. The molecule has 2 N–H and O–H groups in total. The molecule has 1 heterocycles. The zero-order valence-corrected chi connectivity index (χ0v) is 11.3. The van der Waals surface area contributed by atoms with Crippen LogP contribution in [0.1, 0.15) is 13.8 Å². The van der Waals surface area contributed by atoms with Crippen molar-refractivity contribution in [1.82, 2.24) is 9.55 Å². The van der Waals surface area contributed by atoms with Gasteiger partial charge >= 0.3 is 0 Å². The highest BCUT2D eigenvalue weighted by Gasteiger charge is 2.12. The van der Waals surface area contributed by atoms with Crippen LogP contribution in [-0.2, 0) is 6.54 Å². The molecule has 0 fully saturated rings. The van der Waals surface area contributed by atoms with Gasteiger partial charge in [-0.05, 0) is 34.6 Å². The van der Waals surface area contributed by atoms with Crippen molar-refractivity contribution in [3.8, 4) is 0 Å². The van der Waals surface area contributed by atoms with Crippen LogP contribution in [0, 0.1) is 15.3 Å². The normalized spacial score (nSPS) is 11.6. The summed E-state index contributed by atoms with van der Waals surface area (Å²) < 4.78 is 15.9. The molecular weight excluding hydrogens is 320 g/mol. The second kappa shape index (κ2) is 4.20. The van der Waals surface area contributed by atoms with E-state index in [1.165, 1.54) is 6.07 Å². The molecule has 0 unspecified atom stereocenters. The number of nitrogens with zero attached hydrogens (tertiary/aromatic N) is 2. The molecule has 3 nitrogen and oxygen atoms in total. The number of aromatic nitrogens is 2. The standard InChI is InChI=1S/C11H13FIN3/c1-6(2)5-16-10-3-7(12)8(13)4-9(10)15-11(16)14/h3-4,6H,5H2,1-2H3,(H2,14,15). The van der Waals surface area contributed by atoms with E-state index in [2.05, 4.69) is 18.8 Å². The van der Waals surface area contributed by atoms with E-state index < -0.39 is 0 Å². The Morgan fingerprint density at radius 1 is 1.50 bits per heavy atom. The predicted molar refractivity (Wildman–Crippen MR) is 71.7 cm³/mol. The van der Waals surface area contributed by atoms with Crippen LogP contribution in [0.3, 0.4) is 0 Å². The van der Waals surface area contributed by atoms with Gasteiger partial charge in [0.2, 0.25) is 5.95 Å². The number of halogens is 2. The third-order valence-corrected chi connectivity index (χ3v) is 3.19. The van der Waals surface area contributed by atoms with E-state index in [0.717, 1.165) is 17.6 Å². The molecule has 86 valence electrons. The first-order valence-corrected chi connectivity index (χ1v) is 6.17. The average molecular weight is 333 g/mol. The van der Waals surface area contributed by atoms with E-state index in [1.54, 1.807) is 6.07 Å². The van der Waals surface area contributed by atoms with Crippen LogP contribution >= 0.6 is 22.6 Å². The molecule has 2 rings (SSSR count). The summed E-state index contributed by atoms with van der Waals surface area (Å²) in [6, 6.07) is 3.22. The Kier molecular flexibility index (Phi) is 3.05. The summed E-state index contributed by atoms with van der Waals surface area (Å²) in [4.78, 5) is 4.24. The van der Waals surface area contributed by atoms with Gasteiger partial charge in [0, 0.05) is 12.6 Å². The van der Waals surface area contributed by atoms with Crippen molar-refractivity contribution >= 4 is 39.6 Å². The lowest BCUT2D eigenvalue weighted by molar-refractivity contribution is 0.536. The lowest BCUT2D eigenvalue weighted by Crippen LogP contribution is -2.08. The Morgan fingerprint density at radius 2 is 2.19 bits per heavy atom. The Labute approximate surface area is 107 Å². The van der Waals surface area contributed by atoms with Crippen molar-refractivity contribution in [3.05, 3.63) is 21.5 Å². The SMILES string of the molecule is CC(C)Cn1c(N)nc2cc(I)c(F)cc21. The van der Waals surface area contributed by atoms with E-state index in [4.69, 9.17) is 5.73 Å². The molecule has 0 atom stereocenters. The molecule has 0 spiro atoms. The molecule has 0 bridgehead atoms. The van der Waals surface area contributed by atoms with Crippen LogP contribution in [0.5, 0.6) is 0 Å². The molecule has 5 heteroatoms. The van der Waals surface area contributed by atoms with Crippen molar-refractivity contribution in [1.29, 1.82) is 0 Å². The molecule has 16 heavy (non-hydrogen) atoms. The van der Waals surface area contributed by atoms with Gasteiger partial charge < -0.3 is 10.3 Å². The first-order chi connectivity index (χ1) is 7.49. The smallest absolute Gasteiger partial charge is 0.201 e. The number of nitrogens with two attached hydrogens (primary N) is 1. The Hall–Kier alpha value is -0.850. The second-order valence-electron chi connectivity index (χ2n) is 4.23. The first kappa shape index (κ1) is 11.6. The van der Waals surface area contributed by atoms with Gasteiger partial charge in [-0.25, -0.2) is 9.37 Å². The summed E-state index contributed by atoms with van der Waals surface area (Å²) >= 11 is 1.95. The van der Waals surface area contributed by atoms with Crippen LogP contribution in [0.25, 0.3) is 11.0 Å². The number of hydrogen-bond acceptors (Lipinski definition) is 2. The van der Waals surface area contributed by atoms with Gasteiger partial charge in [-0.1, -0.05) is 13.8 Å². The minimum Gasteiger partial charge on any atom is -0.369 e. The van der Waals surface area contributed by atoms with Gasteiger partial charge in [-0.3, -0.25) is 0 Å². The topological polar surface area (TPSA) is 43.8 Å². The monoisotopic (exact) mass is 333 g/mol. The lowest BCUT2D eigenvalue weighted by Gasteiger charge is -2.09. The van der Waals surface area contributed by atoms with Crippen molar-refractivity contribution in [2.24, 2.45) is 5.92 Å². The lowest BCUT2D eigenvalue weighted by atomic mass is 10.2. The first-order valence-electron chi connectivity index (χ1n) is 5.09. The maximum absolute atomic E-state index is 13.5. The summed E-state index contributed by atoms with van der Waals surface area (Å²) in [7, 11) is 0. The van der Waals surface area contributed by atoms with Crippen LogP contribution in [0.4, 0.5) is 10.3 Å². The van der Waals surface area contributed by atoms with Gasteiger partial charge in [-0.15, -0.1) is 0 Å². The quantitative estimate of drug-likeness (QED) is 0.859. The van der Waals surface area contributed by atoms with E-state index in [9.17, 15) is 4.39 Å². The number of anilines is 1. The van der Waals surface area contributed by atoms with Crippen molar-refractivity contribution in [2.75, 3.05) is 5.73 Å². The predicted octanol–water partition coefficient (Wildman–Crippen LogP) is 3.02. The summed E-state index contributed by atoms with van der Waals surface area (Å²) in [6.07, 6.45) is 0. The third kappa shape index (κ3) is 2.00. The fourth-order valence-corrected chi connectivity index (χ4v) is 2.15. The molecule has 0 aliphatic heterocycles. The molecule has 1 aromatic heterocycles. The number of fused-ring (bicyclic) bond motifs is 1. The molecular formula is C11H13FIN3. The summed E-state index contributed by atoms with van der Waals surface area (Å²) in [5.41, 5.74) is 7.35. The summed E-state index contributed by atoms with van der Waals surface area (Å²) in [6.45, 7) is 4.94. The number of rotatable bonds is 2. The zero-order valence-electron chi connectivity index (χ0n) is 9.17. The number of benzene rings is 1. The van der Waals surface area contributed by atoms with Crippen molar-refractivity contribution in [3.63, 3.8) is 0 Å². The highest BCUT2D eigenvalue weighted by Crippen LogP contribution is 2.23. The number of hydrogen-bond donors (Lipinski definition) is 1. The minimum atomic E-state index is -0.224. The molecule has 0 radical (unpaired) electrons. The van der Waals surface area contributed by atoms with Gasteiger partial charge in [0.25, 0.3) is 0 Å². The Morgan fingerprint density at radius 3 is 2.81 bits per heavy atom. The van der Waals surface area contributed by atoms with Gasteiger partial charge in [0.1, 0.15) is 5.82 Å². The molecule has 1 aromatic carbocycles. The highest BCUT2D eigenvalue weighted by molar-refractivity contribution is 14.1. The van der Waals surface area contributed by atoms with Crippen LogP contribution < -0.4 is 5.73 Å². The average Bonchev–Trinajstić information content (AvgIpc) is 2.45. The van der Waals surface area contributed by atoms with Crippen LogP contribution in [0.2, 0.25) is 0 Å². The van der Waals surface area contributed by atoms with Crippen molar-refractivity contribution < 1.29 is 4.39 Å². The molecule has 0 amide bonds. The fraction of sp³-hybridized carbons (Fsp3) is 0.364. The van der Waals surface area contributed by atoms with Gasteiger partial charge in [0.05, 0.1) is 14.6 Å². The molecule has 0 aliphatic carbocycles. The molecule has 2 aromatic rings. The largest absolute Gasteiger partial charge is 0.369 e. The zero-order chi connectivity index (χ0) is 11.9. The molecule has 0 saturated carbocycles. The van der Waals surface area contributed by atoms with E-state index >= 15 is 0 Å². The fourth-order valence-electron chi connectivity index (χ4n) is 1.70. The van der Waals surface area contributed by atoms with E-state index in [0.29, 0.717) is 15.4 Å². The van der Waals surface area contributed by atoms with Gasteiger partial charge in [-0.2, -0.15) is 0 Å². The minimum absolute atomic E-state index is 0.224. The molecule has 0 aliphatic rings. The highest BCUT2D eigenvalue weighted by atomic mass is 127.